The minimum absolute atomic E-state index is 0.262. The number of amidine groups is 1. The summed E-state index contributed by atoms with van der Waals surface area (Å²) < 4.78 is 15.0. The van der Waals surface area contributed by atoms with Crippen LogP contribution in [0.15, 0.2) is 58.6 Å². The lowest BCUT2D eigenvalue weighted by Gasteiger charge is -2.31. The SMILES string of the molecule is CN1C(=O)C2C(=NC(N/N=C/c3ccc(Cl)cc3)=[N+]2Cc2ccc(F)cc2)N(C)C1=O. The smallest absolute Gasteiger partial charge is 0.270 e. The first-order valence-corrected chi connectivity index (χ1v) is 9.79. The summed E-state index contributed by atoms with van der Waals surface area (Å²) in [6, 6.07) is 11.8. The van der Waals surface area contributed by atoms with Crippen molar-refractivity contribution >= 4 is 41.5 Å². The van der Waals surface area contributed by atoms with Gasteiger partial charge in [0.15, 0.2) is 0 Å². The van der Waals surface area contributed by atoms with Gasteiger partial charge in [-0.15, -0.1) is 5.10 Å². The molecule has 0 aliphatic carbocycles. The monoisotopic (exact) mass is 441 g/mol. The molecule has 2 aromatic rings. The average molecular weight is 442 g/mol. The van der Waals surface area contributed by atoms with Crippen molar-refractivity contribution in [1.82, 2.24) is 15.2 Å². The Bertz CT molecular complexity index is 1130. The van der Waals surface area contributed by atoms with Crippen LogP contribution in [0.2, 0.25) is 5.02 Å². The zero-order valence-electron chi connectivity index (χ0n) is 16.8. The molecule has 0 bridgehead atoms. The Morgan fingerprint density at radius 2 is 1.81 bits per heavy atom. The van der Waals surface area contributed by atoms with Gasteiger partial charge in [0.1, 0.15) is 5.82 Å². The minimum atomic E-state index is -0.800. The molecule has 0 saturated carbocycles. The van der Waals surface area contributed by atoms with E-state index in [1.165, 1.54) is 24.1 Å². The van der Waals surface area contributed by atoms with Crippen LogP contribution in [-0.2, 0) is 11.3 Å². The number of fused-ring (bicyclic) bond motifs is 1. The second kappa shape index (κ2) is 8.27. The molecule has 0 aromatic heterocycles. The molecule has 1 N–H and O–H groups in total. The van der Waals surface area contributed by atoms with Gasteiger partial charge in [-0.3, -0.25) is 14.6 Å². The van der Waals surface area contributed by atoms with Gasteiger partial charge in [-0.05, 0) is 35.4 Å². The molecule has 4 rings (SSSR count). The number of hydrogen-bond donors (Lipinski definition) is 1. The van der Waals surface area contributed by atoms with Crippen molar-refractivity contribution in [3.63, 3.8) is 0 Å². The first kappa shape index (κ1) is 20.7. The maximum atomic E-state index is 13.3. The molecule has 1 atom stereocenters. The number of imide groups is 1. The second-order valence-corrected chi connectivity index (χ2v) is 7.55. The molecule has 2 heterocycles. The normalized spacial score (nSPS) is 18.7. The Labute approximate surface area is 182 Å². The third-order valence-electron chi connectivity index (χ3n) is 5.05. The highest BCUT2D eigenvalue weighted by Crippen LogP contribution is 2.20. The highest BCUT2D eigenvalue weighted by atomic mass is 35.5. The van der Waals surface area contributed by atoms with E-state index in [0.717, 1.165) is 16.0 Å². The van der Waals surface area contributed by atoms with Gasteiger partial charge in [0.05, 0.1) is 12.8 Å². The van der Waals surface area contributed by atoms with Crippen LogP contribution in [0.3, 0.4) is 0 Å². The van der Waals surface area contributed by atoms with Crippen molar-refractivity contribution in [1.29, 1.82) is 0 Å². The molecule has 1 saturated heterocycles. The summed E-state index contributed by atoms with van der Waals surface area (Å²) in [4.78, 5) is 32.1. The van der Waals surface area contributed by atoms with E-state index in [4.69, 9.17) is 11.6 Å². The summed E-state index contributed by atoms with van der Waals surface area (Å²) in [6.45, 7) is 0.262. The fourth-order valence-electron chi connectivity index (χ4n) is 3.35. The zero-order valence-corrected chi connectivity index (χ0v) is 17.5. The van der Waals surface area contributed by atoms with Gasteiger partial charge in [0, 0.05) is 19.1 Å². The predicted molar refractivity (Wildman–Crippen MR) is 115 cm³/mol. The van der Waals surface area contributed by atoms with Gasteiger partial charge in [-0.1, -0.05) is 40.9 Å². The van der Waals surface area contributed by atoms with Gasteiger partial charge in [-0.2, -0.15) is 5.43 Å². The topological polar surface area (TPSA) is 80.4 Å². The van der Waals surface area contributed by atoms with Crippen LogP contribution in [0.4, 0.5) is 9.18 Å². The van der Waals surface area contributed by atoms with Gasteiger partial charge >= 0.3 is 12.0 Å². The number of benzene rings is 2. The Hall–Kier alpha value is -3.59. The summed E-state index contributed by atoms with van der Waals surface area (Å²) in [5, 5.41) is 4.83. The van der Waals surface area contributed by atoms with Crippen molar-refractivity contribution < 1.29 is 18.6 Å². The number of rotatable bonds is 4. The summed E-state index contributed by atoms with van der Waals surface area (Å²) in [5.41, 5.74) is 4.45. The Balaban J connectivity index is 1.67. The van der Waals surface area contributed by atoms with Crippen LogP contribution in [0.25, 0.3) is 0 Å². The first-order valence-electron chi connectivity index (χ1n) is 9.41. The number of urea groups is 1. The number of amides is 3. The number of carbonyl (C=O) groups is 2. The van der Waals surface area contributed by atoms with Gasteiger partial charge in [0.2, 0.25) is 11.9 Å². The summed E-state index contributed by atoms with van der Waals surface area (Å²) in [5.74, 6) is -0.143. The molecule has 0 spiro atoms. The first-order chi connectivity index (χ1) is 14.8. The minimum Gasteiger partial charge on any atom is -0.270 e. The van der Waals surface area contributed by atoms with E-state index >= 15 is 0 Å². The van der Waals surface area contributed by atoms with Crippen LogP contribution in [-0.4, -0.2) is 64.5 Å². The Morgan fingerprint density at radius 1 is 1.13 bits per heavy atom. The van der Waals surface area contributed by atoms with E-state index in [-0.39, 0.29) is 12.4 Å². The molecule has 2 aromatic carbocycles. The predicted octanol–water partition coefficient (Wildman–Crippen LogP) is 2.28. The highest BCUT2D eigenvalue weighted by molar-refractivity contribution is 6.30. The lowest BCUT2D eigenvalue weighted by molar-refractivity contribution is -0.553. The molecule has 1 unspecified atom stereocenters. The Morgan fingerprint density at radius 3 is 2.48 bits per heavy atom. The van der Waals surface area contributed by atoms with Crippen LogP contribution < -0.4 is 5.43 Å². The quantitative estimate of drug-likeness (QED) is 0.449. The number of nitrogens with zero attached hydrogens (tertiary/aromatic N) is 5. The molecule has 31 heavy (non-hydrogen) atoms. The zero-order chi connectivity index (χ0) is 22.1. The van der Waals surface area contributed by atoms with Crippen molar-refractivity contribution in [2.45, 2.75) is 12.6 Å². The molecule has 3 amide bonds. The number of likely N-dealkylation sites (N-methyl/N-ethyl adjacent to an activating group) is 2. The summed E-state index contributed by atoms with van der Waals surface area (Å²) in [7, 11) is 2.99. The molecule has 158 valence electrons. The van der Waals surface area contributed by atoms with Crippen LogP contribution in [0, 0.1) is 5.82 Å². The third kappa shape index (κ3) is 4.04. The largest absolute Gasteiger partial charge is 0.414 e. The molecule has 10 heteroatoms. The molecule has 8 nitrogen and oxygen atoms in total. The number of hydrazone groups is 1. The number of guanidine groups is 1. The van der Waals surface area contributed by atoms with Gasteiger partial charge in [-0.25, -0.2) is 13.8 Å². The highest BCUT2D eigenvalue weighted by Gasteiger charge is 2.51. The van der Waals surface area contributed by atoms with Crippen molar-refractivity contribution in [3.8, 4) is 0 Å². The maximum Gasteiger partial charge on any atom is 0.414 e. The van der Waals surface area contributed by atoms with Crippen molar-refractivity contribution in [3.05, 3.63) is 70.5 Å². The van der Waals surface area contributed by atoms with E-state index in [1.54, 1.807) is 54.2 Å². The molecular weight excluding hydrogens is 423 g/mol. The van der Waals surface area contributed by atoms with E-state index in [1.807, 2.05) is 0 Å². The van der Waals surface area contributed by atoms with Gasteiger partial charge < -0.3 is 0 Å². The number of nitrogens with one attached hydrogen (secondary N) is 1. The number of hydrogen-bond acceptors (Lipinski definition) is 5. The Kier molecular flexibility index (Phi) is 5.51. The molecular formula is C21H19ClFN6O2+. The molecule has 2 aliphatic rings. The van der Waals surface area contributed by atoms with Crippen LogP contribution in [0.1, 0.15) is 11.1 Å². The molecule has 0 radical (unpaired) electrons. The lowest BCUT2D eigenvalue weighted by atomic mass is 10.1. The number of halogens is 2. The molecule has 1 fully saturated rings. The van der Waals surface area contributed by atoms with E-state index in [2.05, 4.69) is 15.5 Å². The second-order valence-electron chi connectivity index (χ2n) is 7.11. The standard InChI is InChI=1S/C21H18ClFN6O2/c1-27-18-17(19(30)28(2)21(27)31)29(12-14-5-9-16(23)10-6-14)20(25-18)26-24-11-13-3-7-15(22)8-4-13/h3-11,17H,12H2,1-2H3/p+1/b24-11+. The van der Waals surface area contributed by atoms with E-state index in [9.17, 15) is 14.0 Å². The van der Waals surface area contributed by atoms with E-state index < -0.39 is 18.0 Å². The fraction of sp³-hybridized carbons (Fsp3) is 0.190. The third-order valence-corrected chi connectivity index (χ3v) is 5.30. The van der Waals surface area contributed by atoms with Crippen LogP contribution in [0.5, 0.6) is 0 Å². The summed E-state index contributed by atoms with van der Waals surface area (Å²) >= 11 is 5.90. The van der Waals surface area contributed by atoms with E-state index in [0.29, 0.717) is 16.8 Å². The summed E-state index contributed by atoms with van der Waals surface area (Å²) in [6.07, 6.45) is 1.59. The number of aliphatic imine (C=N–C) groups is 1. The average Bonchev–Trinajstić information content (AvgIpc) is 3.12. The lowest BCUT2D eigenvalue weighted by Crippen LogP contribution is -2.61. The van der Waals surface area contributed by atoms with Crippen molar-refractivity contribution in [2.75, 3.05) is 14.1 Å². The van der Waals surface area contributed by atoms with Crippen molar-refractivity contribution in [2.24, 2.45) is 10.1 Å². The van der Waals surface area contributed by atoms with Gasteiger partial charge in [0.25, 0.3) is 5.91 Å². The molecule has 2 aliphatic heterocycles. The maximum absolute atomic E-state index is 13.3. The number of carbonyl (C=O) groups excluding carboxylic acids is 2. The van der Waals surface area contributed by atoms with Crippen LogP contribution >= 0.6 is 11.6 Å². The fourth-order valence-corrected chi connectivity index (χ4v) is 3.48.